The first-order valence-electron chi connectivity index (χ1n) is 9.72. The number of hydrogen-bond acceptors (Lipinski definition) is 4. The molecule has 0 unspecified atom stereocenters. The van der Waals surface area contributed by atoms with Gasteiger partial charge in [-0.1, -0.05) is 30.3 Å². The Balaban J connectivity index is 1.62. The van der Waals surface area contributed by atoms with Crippen LogP contribution in [0, 0.1) is 0 Å². The Morgan fingerprint density at radius 3 is 2.55 bits per heavy atom. The first-order chi connectivity index (χ1) is 13.9. The largest absolute Gasteiger partial charge is 0.444 e. The van der Waals surface area contributed by atoms with Crippen LogP contribution < -0.4 is 15.5 Å². The van der Waals surface area contributed by atoms with Crippen LogP contribution in [0.15, 0.2) is 72.9 Å². The van der Waals surface area contributed by atoms with Crippen LogP contribution in [0.3, 0.4) is 0 Å². The van der Waals surface area contributed by atoms with Crippen LogP contribution in [0.4, 0.5) is 27.5 Å². The predicted octanol–water partition coefficient (Wildman–Crippen LogP) is 6.26. The molecule has 0 atom stereocenters. The standard InChI is InChI=1S/C24H25N3O2/c1-24(2,3)29-23(28)26-18-10-12-19(13-11-18)27-16-6-15-25-22-20-8-5-4-7-17(20)9-14-21(22)27/h4-14,16,25H,15H2,1-3H3,(H,26,28). The van der Waals surface area contributed by atoms with Gasteiger partial charge < -0.3 is 15.0 Å². The van der Waals surface area contributed by atoms with E-state index in [0.717, 1.165) is 23.6 Å². The van der Waals surface area contributed by atoms with Crippen molar-refractivity contribution in [2.75, 3.05) is 22.1 Å². The molecule has 1 aliphatic heterocycles. The highest BCUT2D eigenvalue weighted by Gasteiger charge is 2.18. The van der Waals surface area contributed by atoms with Crippen LogP contribution in [0.1, 0.15) is 20.8 Å². The second kappa shape index (κ2) is 7.51. The predicted molar refractivity (Wildman–Crippen MR) is 120 cm³/mol. The van der Waals surface area contributed by atoms with Gasteiger partial charge >= 0.3 is 6.09 Å². The molecule has 0 radical (unpaired) electrons. The quantitative estimate of drug-likeness (QED) is 0.544. The monoisotopic (exact) mass is 387 g/mol. The molecule has 148 valence electrons. The van der Waals surface area contributed by atoms with E-state index >= 15 is 0 Å². The number of hydrogen-bond donors (Lipinski definition) is 2. The number of ether oxygens (including phenoxy) is 1. The summed E-state index contributed by atoms with van der Waals surface area (Å²) in [6, 6.07) is 20.4. The molecule has 5 heteroatoms. The van der Waals surface area contributed by atoms with Gasteiger partial charge in [0.25, 0.3) is 0 Å². The second-order valence-electron chi connectivity index (χ2n) is 7.99. The van der Waals surface area contributed by atoms with E-state index in [0.29, 0.717) is 5.69 Å². The van der Waals surface area contributed by atoms with Crippen LogP contribution in [0.2, 0.25) is 0 Å². The summed E-state index contributed by atoms with van der Waals surface area (Å²) in [5.41, 5.74) is 3.38. The summed E-state index contributed by atoms with van der Waals surface area (Å²) in [6.07, 6.45) is 3.71. The van der Waals surface area contributed by atoms with Crippen LogP contribution in [-0.2, 0) is 4.74 Å². The maximum atomic E-state index is 12.0. The molecule has 0 aliphatic carbocycles. The van der Waals surface area contributed by atoms with E-state index in [4.69, 9.17) is 4.74 Å². The maximum absolute atomic E-state index is 12.0. The molecule has 0 fully saturated rings. The highest BCUT2D eigenvalue weighted by Crippen LogP contribution is 2.39. The molecular formula is C24H25N3O2. The van der Waals surface area contributed by atoms with Gasteiger partial charge in [0.05, 0.1) is 11.4 Å². The lowest BCUT2D eigenvalue weighted by Gasteiger charge is -2.23. The smallest absolute Gasteiger partial charge is 0.412 e. The lowest BCUT2D eigenvalue weighted by atomic mass is 10.1. The summed E-state index contributed by atoms with van der Waals surface area (Å²) < 4.78 is 5.31. The van der Waals surface area contributed by atoms with E-state index in [9.17, 15) is 4.79 Å². The van der Waals surface area contributed by atoms with Crippen LogP contribution in [0.5, 0.6) is 0 Å². The third-order valence-electron chi connectivity index (χ3n) is 4.61. The number of anilines is 4. The minimum absolute atomic E-state index is 0.457. The fourth-order valence-electron chi connectivity index (χ4n) is 3.40. The van der Waals surface area contributed by atoms with E-state index < -0.39 is 11.7 Å². The highest BCUT2D eigenvalue weighted by molar-refractivity contribution is 6.02. The Hall–Kier alpha value is -3.47. The molecule has 2 N–H and O–H groups in total. The molecule has 3 aromatic rings. The molecular weight excluding hydrogens is 362 g/mol. The number of carbonyl (C=O) groups is 1. The normalized spacial score (nSPS) is 13.4. The van der Waals surface area contributed by atoms with Gasteiger partial charge in [-0.05, 0) is 62.6 Å². The Morgan fingerprint density at radius 2 is 1.79 bits per heavy atom. The van der Waals surface area contributed by atoms with E-state index in [1.54, 1.807) is 0 Å². The van der Waals surface area contributed by atoms with Crippen molar-refractivity contribution >= 4 is 39.6 Å². The van der Waals surface area contributed by atoms with E-state index in [-0.39, 0.29) is 0 Å². The molecule has 0 bridgehead atoms. The zero-order chi connectivity index (χ0) is 20.4. The average Bonchev–Trinajstić information content (AvgIpc) is 2.90. The highest BCUT2D eigenvalue weighted by atomic mass is 16.6. The molecule has 1 heterocycles. The molecule has 1 amide bonds. The van der Waals surface area contributed by atoms with Crippen molar-refractivity contribution in [1.29, 1.82) is 0 Å². The lowest BCUT2D eigenvalue weighted by Crippen LogP contribution is -2.27. The number of nitrogens with zero attached hydrogens (tertiary/aromatic N) is 1. The van der Waals surface area contributed by atoms with Gasteiger partial charge in [0.1, 0.15) is 5.60 Å². The average molecular weight is 387 g/mol. The zero-order valence-corrected chi connectivity index (χ0v) is 16.9. The Kier molecular flexibility index (Phi) is 4.89. The number of amides is 1. The Labute approximate surface area is 171 Å². The van der Waals surface area contributed by atoms with Gasteiger partial charge in [-0.2, -0.15) is 0 Å². The van der Waals surface area contributed by atoms with Gasteiger partial charge in [0, 0.05) is 29.5 Å². The number of nitrogens with one attached hydrogen (secondary N) is 2. The van der Waals surface area contributed by atoms with Gasteiger partial charge in [0.15, 0.2) is 0 Å². The van der Waals surface area contributed by atoms with E-state index in [2.05, 4.69) is 64.2 Å². The molecule has 0 spiro atoms. The summed E-state index contributed by atoms with van der Waals surface area (Å²) >= 11 is 0. The van der Waals surface area contributed by atoms with Crippen molar-refractivity contribution in [3.63, 3.8) is 0 Å². The Morgan fingerprint density at radius 1 is 1.03 bits per heavy atom. The van der Waals surface area contributed by atoms with Crippen molar-refractivity contribution in [2.24, 2.45) is 0 Å². The molecule has 0 saturated heterocycles. The van der Waals surface area contributed by atoms with Crippen molar-refractivity contribution < 1.29 is 9.53 Å². The first-order valence-corrected chi connectivity index (χ1v) is 9.72. The van der Waals surface area contributed by atoms with Crippen molar-refractivity contribution in [1.82, 2.24) is 0 Å². The topological polar surface area (TPSA) is 53.6 Å². The Bertz CT molecular complexity index is 1070. The number of rotatable bonds is 2. The third kappa shape index (κ3) is 4.19. The lowest BCUT2D eigenvalue weighted by molar-refractivity contribution is 0.0636. The van der Waals surface area contributed by atoms with Gasteiger partial charge in [-0.25, -0.2) is 4.79 Å². The summed E-state index contributed by atoms with van der Waals surface area (Å²) in [7, 11) is 0. The molecule has 0 aromatic heterocycles. The third-order valence-corrected chi connectivity index (χ3v) is 4.61. The fraction of sp³-hybridized carbons (Fsp3) is 0.208. The number of fused-ring (bicyclic) bond motifs is 3. The van der Waals surface area contributed by atoms with Gasteiger partial charge in [-0.15, -0.1) is 0 Å². The fourth-order valence-corrected chi connectivity index (χ4v) is 3.40. The summed E-state index contributed by atoms with van der Waals surface area (Å²) in [6.45, 7) is 6.29. The first kappa shape index (κ1) is 18.9. The van der Waals surface area contributed by atoms with Crippen LogP contribution >= 0.6 is 0 Å². The summed E-state index contributed by atoms with van der Waals surface area (Å²) in [5.74, 6) is 0. The maximum Gasteiger partial charge on any atom is 0.412 e. The number of carbonyl (C=O) groups excluding carboxylic acids is 1. The zero-order valence-electron chi connectivity index (χ0n) is 16.9. The van der Waals surface area contributed by atoms with E-state index in [1.807, 2.05) is 45.0 Å². The molecule has 5 nitrogen and oxygen atoms in total. The van der Waals surface area contributed by atoms with E-state index in [1.165, 1.54) is 10.8 Å². The SMILES string of the molecule is CC(C)(C)OC(=O)Nc1ccc(N2C=CCNc3c2ccc2ccccc32)cc1. The summed E-state index contributed by atoms with van der Waals surface area (Å²) in [4.78, 5) is 14.1. The van der Waals surface area contributed by atoms with Crippen molar-refractivity contribution in [3.8, 4) is 0 Å². The minimum Gasteiger partial charge on any atom is -0.444 e. The molecule has 1 aliphatic rings. The van der Waals surface area contributed by atoms with Crippen molar-refractivity contribution in [3.05, 3.63) is 72.9 Å². The minimum atomic E-state index is -0.527. The molecule has 4 rings (SSSR count). The molecule has 29 heavy (non-hydrogen) atoms. The number of benzene rings is 3. The summed E-state index contributed by atoms with van der Waals surface area (Å²) in [5, 5.41) is 8.70. The van der Waals surface area contributed by atoms with Crippen molar-refractivity contribution in [2.45, 2.75) is 26.4 Å². The van der Waals surface area contributed by atoms with Crippen LogP contribution in [-0.4, -0.2) is 18.2 Å². The van der Waals surface area contributed by atoms with Gasteiger partial charge in [0.2, 0.25) is 0 Å². The van der Waals surface area contributed by atoms with Crippen LogP contribution in [0.25, 0.3) is 10.8 Å². The van der Waals surface area contributed by atoms with Gasteiger partial charge in [-0.3, -0.25) is 5.32 Å². The second-order valence-corrected chi connectivity index (χ2v) is 7.99. The molecule has 3 aromatic carbocycles. The molecule has 0 saturated carbocycles.